The molecule has 7 heteroatoms. The predicted octanol–water partition coefficient (Wildman–Crippen LogP) is 3.09. The van der Waals surface area contributed by atoms with Crippen LogP contribution in [-0.2, 0) is 6.42 Å². The number of aliphatic imine (C=N–C) groups is 1. The topological polar surface area (TPSA) is 71.3 Å². The Morgan fingerprint density at radius 3 is 2.45 bits per heavy atom. The van der Waals surface area contributed by atoms with Crippen LogP contribution in [0, 0.1) is 0 Å². The van der Waals surface area contributed by atoms with Gasteiger partial charge in [0.2, 0.25) is 0 Å². The summed E-state index contributed by atoms with van der Waals surface area (Å²) in [6, 6.07) is 10.1. The molecule has 1 aromatic heterocycles. The first-order chi connectivity index (χ1) is 14.2. The summed E-state index contributed by atoms with van der Waals surface area (Å²) in [5.41, 5.74) is 1.17. The molecule has 2 rings (SSSR count). The lowest BCUT2D eigenvalue weighted by Crippen LogP contribution is -2.43. The van der Waals surface area contributed by atoms with Gasteiger partial charge >= 0.3 is 0 Å². The summed E-state index contributed by atoms with van der Waals surface area (Å²) in [5, 5.41) is 6.80. The van der Waals surface area contributed by atoms with Crippen molar-refractivity contribution in [3.63, 3.8) is 0 Å². The molecular formula is C22H34N4O3. The van der Waals surface area contributed by atoms with Gasteiger partial charge in [0, 0.05) is 20.1 Å². The molecule has 2 aromatic rings. The SMILES string of the molecule is CCN(CC)C(CNC(=NC)NCCc1ccc(OC)c(OC)c1)c1ccco1. The number of rotatable bonds is 11. The molecule has 0 radical (unpaired) electrons. The van der Waals surface area contributed by atoms with Gasteiger partial charge in [0.1, 0.15) is 5.76 Å². The molecular weight excluding hydrogens is 368 g/mol. The number of ether oxygens (including phenoxy) is 2. The molecule has 1 heterocycles. The first-order valence-corrected chi connectivity index (χ1v) is 10.1. The first-order valence-electron chi connectivity index (χ1n) is 10.1. The van der Waals surface area contributed by atoms with E-state index < -0.39 is 0 Å². The van der Waals surface area contributed by atoms with E-state index in [9.17, 15) is 0 Å². The Labute approximate surface area is 174 Å². The summed E-state index contributed by atoms with van der Waals surface area (Å²) in [7, 11) is 5.07. The van der Waals surface area contributed by atoms with Crippen molar-refractivity contribution in [2.75, 3.05) is 47.4 Å². The van der Waals surface area contributed by atoms with Crippen LogP contribution in [0.4, 0.5) is 0 Å². The minimum Gasteiger partial charge on any atom is -0.493 e. The summed E-state index contributed by atoms with van der Waals surface area (Å²) < 4.78 is 16.3. The number of guanidine groups is 1. The van der Waals surface area contributed by atoms with Gasteiger partial charge in [0.15, 0.2) is 17.5 Å². The lowest BCUT2D eigenvalue weighted by Gasteiger charge is -2.28. The molecule has 1 aromatic carbocycles. The third kappa shape index (κ3) is 6.42. The van der Waals surface area contributed by atoms with Crippen LogP contribution in [0.5, 0.6) is 11.5 Å². The Hall–Kier alpha value is -2.67. The average Bonchev–Trinajstić information content (AvgIpc) is 3.29. The van der Waals surface area contributed by atoms with Gasteiger partial charge in [-0.25, -0.2) is 0 Å². The van der Waals surface area contributed by atoms with Crippen molar-refractivity contribution in [1.82, 2.24) is 15.5 Å². The predicted molar refractivity (Wildman–Crippen MR) is 117 cm³/mol. The van der Waals surface area contributed by atoms with Crippen LogP contribution in [0.1, 0.15) is 31.2 Å². The van der Waals surface area contributed by atoms with Crippen LogP contribution in [0.15, 0.2) is 46.0 Å². The number of nitrogens with zero attached hydrogens (tertiary/aromatic N) is 2. The van der Waals surface area contributed by atoms with E-state index in [1.165, 1.54) is 5.56 Å². The van der Waals surface area contributed by atoms with Crippen molar-refractivity contribution < 1.29 is 13.9 Å². The van der Waals surface area contributed by atoms with Crippen molar-refractivity contribution >= 4 is 5.96 Å². The second-order valence-corrected chi connectivity index (χ2v) is 6.57. The molecule has 0 saturated heterocycles. The molecule has 0 bridgehead atoms. The number of likely N-dealkylation sites (N-methyl/N-ethyl adjacent to an activating group) is 1. The number of hydrogen-bond acceptors (Lipinski definition) is 5. The molecule has 160 valence electrons. The maximum absolute atomic E-state index is 5.66. The standard InChI is InChI=1S/C22H34N4O3/c1-6-26(7-2)18(19-9-8-14-29-19)16-25-22(23-3)24-13-12-17-10-11-20(27-4)21(15-17)28-5/h8-11,14-15,18H,6-7,12-13,16H2,1-5H3,(H2,23,24,25). The highest BCUT2D eigenvalue weighted by atomic mass is 16.5. The second-order valence-electron chi connectivity index (χ2n) is 6.57. The maximum Gasteiger partial charge on any atom is 0.191 e. The summed E-state index contributed by atoms with van der Waals surface area (Å²) in [5.74, 6) is 3.21. The minimum atomic E-state index is 0.157. The van der Waals surface area contributed by atoms with Gasteiger partial charge in [-0.1, -0.05) is 19.9 Å². The van der Waals surface area contributed by atoms with Gasteiger partial charge in [-0.2, -0.15) is 0 Å². The van der Waals surface area contributed by atoms with Crippen molar-refractivity contribution in [3.05, 3.63) is 47.9 Å². The smallest absolute Gasteiger partial charge is 0.191 e. The Bertz CT molecular complexity index is 743. The number of hydrogen-bond donors (Lipinski definition) is 2. The molecule has 1 atom stereocenters. The summed E-state index contributed by atoms with van der Waals surface area (Å²) in [4.78, 5) is 6.71. The van der Waals surface area contributed by atoms with E-state index in [0.717, 1.165) is 49.3 Å². The third-order valence-electron chi connectivity index (χ3n) is 4.97. The number of nitrogens with one attached hydrogen (secondary N) is 2. The third-order valence-corrected chi connectivity index (χ3v) is 4.97. The highest BCUT2D eigenvalue weighted by molar-refractivity contribution is 5.79. The Balaban J connectivity index is 1.90. The Kier molecular flexibility index (Phi) is 9.37. The van der Waals surface area contributed by atoms with Crippen molar-refractivity contribution in [1.29, 1.82) is 0 Å². The fourth-order valence-electron chi connectivity index (χ4n) is 3.33. The molecule has 0 spiro atoms. The van der Waals surface area contributed by atoms with Gasteiger partial charge in [0.25, 0.3) is 0 Å². The van der Waals surface area contributed by atoms with Crippen LogP contribution in [0.3, 0.4) is 0 Å². The van der Waals surface area contributed by atoms with Gasteiger partial charge in [-0.05, 0) is 49.3 Å². The second kappa shape index (κ2) is 12.0. The summed E-state index contributed by atoms with van der Waals surface area (Å²) in [6.07, 6.45) is 2.57. The molecule has 0 amide bonds. The van der Waals surface area contributed by atoms with E-state index in [1.54, 1.807) is 27.5 Å². The minimum absolute atomic E-state index is 0.157. The van der Waals surface area contributed by atoms with Gasteiger partial charge in [-0.15, -0.1) is 0 Å². The van der Waals surface area contributed by atoms with E-state index in [0.29, 0.717) is 6.54 Å². The van der Waals surface area contributed by atoms with Crippen molar-refractivity contribution in [2.45, 2.75) is 26.3 Å². The Morgan fingerprint density at radius 1 is 1.10 bits per heavy atom. The van der Waals surface area contributed by atoms with E-state index in [-0.39, 0.29) is 6.04 Å². The zero-order valence-corrected chi connectivity index (χ0v) is 18.2. The number of benzene rings is 1. The monoisotopic (exact) mass is 402 g/mol. The fraction of sp³-hybridized carbons (Fsp3) is 0.500. The van der Waals surface area contributed by atoms with Crippen LogP contribution in [-0.4, -0.2) is 58.3 Å². The highest BCUT2D eigenvalue weighted by Crippen LogP contribution is 2.27. The van der Waals surface area contributed by atoms with Crippen LogP contribution in [0.2, 0.25) is 0 Å². The molecule has 0 aliphatic heterocycles. The number of furan rings is 1. The highest BCUT2D eigenvalue weighted by Gasteiger charge is 2.20. The van der Waals surface area contributed by atoms with E-state index >= 15 is 0 Å². The molecule has 0 aliphatic carbocycles. The van der Waals surface area contributed by atoms with Gasteiger partial charge < -0.3 is 24.5 Å². The molecule has 0 aliphatic rings. The maximum atomic E-state index is 5.66. The molecule has 7 nitrogen and oxygen atoms in total. The molecule has 29 heavy (non-hydrogen) atoms. The largest absolute Gasteiger partial charge is 0.493 e. The van der Waals surface area contributed by atoms with Crippen LogP contribution >= 0.6 is 0 Å². The normalized spacial score (nSPS) is 12.7. The molecule has 0 saturated carbocycles. The fourth-order valence-corrected chi connectivity index (χ4v) is 3.33. The van der Waals surface area contributed by atoms with Gasteiger partial charge in [0.05, 0.1) is 26.5 Å². The zero-order valence-electron chi connectivity index (χ0n) is 18.2. The zero-order chi connectivity index (χ0) is 21.1. The van der Waals surface area contributed by atoms with Crippen LogP contribution in [0.25, 0.3) is 0 Å². The van der Waals surface area contributed by atoms with E-state index in [2.05, 4.69) is 34.4 Å². The molecule has 0 fully saturated rings. The quantitative estimate of drug-likeness (QED) is 0.445. The number of methoxy groups -OCH3 is 2. The summed E-state index contributed by atoms with van der Waals surface area (Å²) >= 11 is 0. The van der Waals surface area contributed by atoms with E-state index in [4.69, 9.17) is 13.9 Å². The average molecular weight is 403 g/mol. The lowest BCUT2D eigenvalue weighted by molar-refractivity contribution is 0.193. The Morgan fingerprint density at radius 2 is 1.86 bits per heavy atom. The molecule has 2 N–H and O–H groups in total. The molecule has 1 unspecified atom stereocenters. The van der Waals surface area contributed by atoms with Crippen molar-refractivity contribution in [3.8, 4) is 11.5 Å². The van der Waals surface area contributed by atoms with E-state index in [1.807, 2.05) is 30.3 Å². The van der Waals surface area contributed by atoms with Crippen LogP contribution < -0.4 is 20.1 Å². The lowest BCUT2D eigenvalue weighted by atomic mass is 10.1. The summed E-state index contributed by atoms with van der Waals surface area (Å²) in [6.45, 7) is 7.70. The van der Waals surface area contributed by atoms with Crippen molar-refractivity contribution in [2.24, 2.45) is 4.99 Å². The van der Waals surface area contributed by atoms with Gasteiger partial charge in [-0.3, -0.25) is 9.89 Å². The first kappa shape index (κ1) is 22.6.